The number of anilines is 1. The summed E-state index contributed by atoms with van der Waals surface area (Å²) in [6.45, 7) is 2.68. The number of nitrogens with one attached hydrogen (secondary N) is 2. The molecule has 0 unspecified atom stereocenters. The van der Waals surface area contributed by atoms with E-state index in [1.54, 1.807) is 12.1 Å². The number of carbonyl (C=O) groups is 1. The zero-order valence-corrected chi connectivity index (χ0v) is 12.1. The molecular formula is C16H22FN3O. The molecule has 1 heterocycles. The van der Waals surface area contributed by atoms with Gasteiger partial charge in [0.2, 0.25) is 0 Å². The Bertz CT molecular complexity index is 479. The molecule has 2 aliphatic rings. The molecule has 1 aliphatic carbocycles. The first-order chi connectivity index (χ1) is 10.2. The van der Waals surface area contributed by atoms with Gasteiger partial charge in [0.1, 0.15) is 5.82 Å². The molecule has 0 bridgehead atoms. The van der Waals surface area contributed by atoms with Gasteiger partial charge in [0.25, 0.3) is 0 Å². The lowest BCUT2D eigenvalue weighted by Gasteiger charge is -2.32. The first-order valence-corrected chi connectivity index (χ1v) is 7.75. The number of halogens is 1. The fraction of sp³-hybridized carbons (Fsp3) is 0.562. The van der Waals surface area contributed by atoms with Crippen molar-refractivity contribution in [1.82, 2.24) is 10.2 Å². The first-order valence-electron chi connectivity index (χ1n) is 7.75. The van der Waals surface area contributed by atoms with Gasteiger partial charge in [-0.05, 0) is 62.4 Å². The van der Waals surface area contributed by atoms with E-state index in [0.29, 0.717) is 11.7 Å². The van der Waals surface area contributed by atoms with Crippen LogP contribution in [0.15, 0.2) is 24.3 Å². The van der Waals surface area contributed by atoms with Crippen molar-refractivity contribution in [3.05, 3.63) is 30.1 Å². The zero-order valence-electron chi connectivity index (χ0n) is 12.1. The van der Waals surface area contributed by atoms with Crippen LogP contribution in [-0.2, 0) is 0 Å². The molecule has 5 heteroatoms. The largest absolute Gasteiger partial charge is 0.324 e. The summed E-state index contributed by atoms with van der Waals surface area (Å²) in [5.41, 5.74) is 0.635. The number of rotatable bonds is 4. The van der Waals surface area contributed by atoms with Gasteiger partial charge in [-0.2, -0.15) is 0 Å². The minimum atomic E-state index is -0.296. The highest BCUT2D eigenvalue weighted by molar-refractivity contribution is 5.89. The van der Waals surface area contributed by atoms with Gasteiger partial charge >= 0.3 is 6.03 Å². The van der Waals surface area contributed by atoms with Crippen LogP contribution in [0.4, 0.5) is 14.9 Å². The van der Waals surface area contributed by atoms with Crippen LogP contribution >= 0.6 is 0 Å². The number of nitrogens with zero attached hydrogens (tertiary/aromatic N) is 1. The Kier molecular flexibility index (Phi) is 4.39. The van der Waals surface area contributed by atoms with Crippen LogP contribution in [0.2, 0.25) is 0 Å². The maximum Gasteiger partial charge on any atom is 0.321 e. The van der Waals surface area contributed by atoms with E-state index < -0.39 is 0 Å². The summed E-state index contributed by atoms with van der Waals surface area (Å²) in [6, 6.07) is 6.31. The van der Waals surface area contributed by atoms with Crippen molar-refractivity contribution in [3.63, 3.8) is 0 Å². The van der Waals surface area contributed by atoms with Crippen LogP contribution in [0.5, 0.6) is 0 Å². The van der Waals surface area contributed by atoms with E-state index in [2.05, 4.69) is 10.6 Å². The van der Waals surface area contributed by atoms with E-state index in [0.717, 1.165) is 38.4 Å². The summed E-state index contributed by atoms with van der Waals surface area (Å²) < 4.78 is 12.8. The molecule has 1 aromatic carbocycles. The second kappa shape index (κ2) is 6.43. The second-order valence-corrected chi connectivity index (χ2v) is 6.05. The second-order valence-electron chi connectivity index (χ2n) is 6.05. The number of carbonyl (C=O) groups excluding carboxylic acids is 1. The molecular weight excluding hydrogens is 269 g/mol. The van der Waals surface area contributed by atoms with Crippen LogP contribution in [0.1, 0.15) is 25.7 Å². The number of likely N-dealkylation sites (tertiary alicyclic amines) is 1. The topological polar surface area (TPSA) is 44.4 Å². The van der Waals surface area contributed by atoms with Crippen LogP contribution in [0, 0.1) is 11.7 Å². The van der Waals surface area contributed by atoms with Crippen molar-refractivity contribution in [1.29, 1.82) is 0 Å². The van der Waals surface area contributed by atoms with Gasteiger partial charge in [-0.1, -0.05) is 0 Å². The molecule has 2 fully saturated rings. The number of piperidine rings is 1. The lowest BCUT2D eigenvalue weighted by Crippen LogP contribution is -2.46. The Morgan fingerprint density at radius 1 is 1.14 bits per heavy atom. The number of benzene rings is 1. The molecule has 1 saturated heterocycles. The highest BCUT2D eigenvalue weighted by atomic mass is 19.1. The highest BCUT2D eigenvalue weighted by Gasteiger charge is 2.25. The summed E-state index contributed by atoms with van der Waals surface area (Å²) in [7, 11) is 0. The number of hydrogen-bond donors (Lipinski definition) is 2. The van der Waals surface area contributed by atoms with Crippen molar-refractivity contribution >= 4 is 11.7 Å². The SMILES string of the molecule is O=C(Nc1ccc(F)cc1)N1CCC(NCC2CC2)CC1. The monoisotopic (exact) mass is 291 g/mol. The van der Waals surface area contributed by atoms with Crippen LogP contribution in [-0.4, -0.2) is 36.6 Å². The van der Waals surface area contributed by atoms with Crippen molar-refractivity contribution in [2.24, 2.45) is 5.92 Å². The van der Waals surface area contributed by atoms with Crippen LogP contribution in [0.3, 0.4) is 0 Å². The Morgan fingerprint density at radius 2 is 1.81 bits per heavy atom. The zero-order chi connectivity index (χ0) is 14.7. The summed E-state index contributed by atoms with van der Waals surface area (Å²) in [4.78, 5) is 14.0. The Morgan fingerprint density at radius 3 is 2.43 bits per heavy atom. The van der Waals surface area contributed by atoms with Crippen molar-refractivity contribution in [2.75, 3.05) is 25.0 Å². The number of urea groups is 1. The third-order valence-corrected chi connectivity index (χ3v) is 4.27. The summed E-state index contributed by atoms with van der Waals surface area (Å²) in [5, 5.41) is 6.41. The van der Waals surface area contributed by atoms with Gasteiger partial charge < -0.3 is 15.5 Å². The van der Waals surface area contributed by atoms with Crippen molar-refractivity contribution in [3.8, 4) is 0 Å². The molecule has 114 valence electrons. The molecule has 0 spiro atoms. The maximum atomic E-state index is 12.8. The van der Waals surface area contributed by atoms with E-state index in [1.807, 2.05) is 4.90 Å². The molecule has 21 heavy (non-hydrogen) atoms. The molecule has 0 radical (unpaired) electrons. The molecule has 2 N–H and O–H groups in total. The van der Waals surface area contributed by atoms with E-state index in [4.69, 9.17) is 0 Å². The quantitative estimate of drug-likeness (QED) is 0.896. The molecule has 4 nitrogen and oxygen atoms in total. The average Bonchev–Trinajstić information content (AvgIpc) is 3.32. The normalized spacial score (nSPS) is 19.6. The Hall–Kier alpha value is -1.62. The molecule has 1 aliphatic heterocycles. The molecule has 0 aromatic heterocycles. The molecule has 3 rings (SSSR count). The fourth-order valence-electron chi connectivity index (χ4n) is 2.68. The van der Waals surface area contributed by atoms with Gasteiger partial charge in [-0.15, -0.1) is 0 Å². The fourth-order valence-corrected chi connectivity index (χ4v) is 2.68. The maximum absolute atomic E-state index is 12.8. The minimum Gasteiger partial charge on any atom is -0.324 e. The number of amides is 2. The summed E-state index contributed by atoms with van der Waals surface area (Å²) in [6.07, 6.45) is 4.74. The average molecular weight is 291 g/mol. The van der Waals surface area contributed by atoms with E-state index in [9.17, 15) is 9.18 Å². The predicted octanol–water partition coefficient (Wildman–Crippen LogP) is 2.82. The smallest absolute Gasteiger partial charge is 0.321 e. The third kappa shape index (κ3) is 4.17. The number of hydrogen-bond acceptors (Lipinski definition) is 2. The molecule has 0 atom stereocenters. The Balaban J connectivity index is 1.42. The van der Waals surface area contributed by atoms with Gasteiger partial charge in [0, 0.05) is 24.8 Å². The standard InChI is InChI=1S/C16H22FN3O/c17-13-3-5-15(6-4-13)19-16(21)20-9-7-14(8-10-20)18-11-12-1-2-12/h3-6,12,14,18H,1-2,7-11H2,(H,19,21). The first kappa shape index (κ1) is 14.3. The summed E-state index contributed by atoms with van der Waals surface area (Å²) >= 11 is 0. The summed E-state index contributed by atoms with van der Waals surface area (Å²) in [5.74, 6) is 0.598. The lowest BCUT2D eigenvalue weighted by atomic mass is 10.1. The van der Waals surface area contributed by atoms with E-state index in [1.165, 1.54) is 25.0 Å². The molecule has 1 saturated carbocycles. The highest BCUT2D eigenvalue weighted by Crippen LogP contribution is 2.28. The van der Waals surface area contributed by atoms with Crippen LogP contribution < -0.4 is 10.6 Å². The van der Waals surface area contributed by atoms with Gasteiger partial charge in [-0.3, -0.25) is 0 Å². The predicted molar refractivity (Wildman–Crippen MR) is 80.7 cm³/mol. The molecule has 1 aromatic rings. The van der Waals surface area contributed by atoms with Crippen LogP contribution in [0.25, 0.3) is 0 Å². The van der Waals surface area contributed by atoms with E-state index in [-0.39, 0.29) is 11.8 Å². The lowest BCUT2D eigenvalue weighted by molar-refractivity contribution is 0.189. The molecule has 2 amide bonds. The Labute approximate surface area is 124 Å². The van der Waals surface area contributed by atoms with Gasteiger partial charge in [0.05, 0.1) is 0 Å². The van der Waals surface area contributed by atoms with Gasteiger partial charge in [0.15, 0.2) is 0 Å². The van der Waals surface area contributed by atoms with Crippen molar-refractivity contribution in [2.45, 2.75) is 31.7 Å². The minimum absolute atomic E-state index is 0.0951. The van der Waals surface area contributed by atoms with Crippen molar-refractivity contribution < 1.29 is 9.18 Å². The van der Waals surface area contributed by atoms with Gasteiger partial charge in [-0.25, -0.2) is 9.18 Å². The third-order valence-electron chi connectivity index (χ3n) is 4.27. The van der Waals surface area contributed by atoms with E-state index >= 15 is 0 Å².